The first-order valence-electron chi connectivity index (χ1n) is 4.19. The van der Waals surface area contributed by atoms with E-state index in [0.29, 0.717) is 6.54 Å². The zero-order valence-corrected chi connectivity index (χ0v) is 9.91. The molecule has 1 amide bonds. The van der Waals surface area contributed by atoms with Crippen molar-refractivity contribution in [1.82, 2.24) is 9.71 Å². The maximum Gasteiger partial charge on any atom is 0.251 e. The molecule has 1 rings (SSSR count). The maximum atomic E-state index is 11.5. The first-order chi connectivity index (χ1) is 6.95. The molecule has 0 aromatic carbocycles. The molecule has 84 valence electrons. The molecule has 0 unspecified atom stereocenters. The lowest BCUT2D eigenvalue weighted by Crippen LogP contribution is -2.22. The first kappa shape index (κ1) is 12.1. The van der Waals surface area contributed by atoms with E-state index < -0.39 is 10.0 Å². The lowest BCUT2D eigenvalue weighted by Gasteiger charge is -1.98. The Morgan fingerprint density at radius 1 is 1.60 bits per heavy atom. The summed E-state index contributed by atoms with van der Waals surface area (Å²) in [6.07, 6.45) is 1.22. The van der Waals surface area contributed by atoms with E-state index >= 15 is 0 Å². The van der Waals surface area contributed by atoms with Gasteiger partial charge in [0.2, 0.25) is 5.91 Å². The van der Waals surface area contributed by atoms with Gasteiger partial charge in [0.05, 0.1) is 6.20 Å². The van der Waals surface area contributed by atoms with Crippen LogP contribution in [0.4, 0.5) is 5.13 Å². The molecule has 0 saturated carbocycles. The van der Waals surface area contributed by atoms with Crippen molar-refractivity contribution in [2.24, 2.45) is 0 Å². The Bertz CT molecular complexity index is 452. The Balaban J connectivity index is 2.89. The first-order valence-corrected chi connectivity index (χ1v) is 6.48. The molecular formula is C7H11N3O3S2. The minimum atomic E-state index is -3.47. The average molecular weight is 249 g/mol. The SMILES string of the molecule is CCNS(=O)(=O)c1cnc(NC(C)=O)s1. The quantitative estimate of drug-likeness (QED) is 0.808. The van der Waals surface area contributed by atoms with Crippen molar-refractivity contribution in [3.05, 3.63) is 6.20 Å². The van der Waals surface area contributed by atoms with Gasteiger partial charge < -0.3 is 5.32 Å². The Labute approximate surface area is 91.8 Å². The maximum absolute atomic E-state index is 11.5. The number of rotatable bonds is 4. The van der Waals surface area contributed by atoms with Gasteiger partial charge in [0.1, 0.15) is 0 Å². The van der Waals surface area contributed by atoms with Crippen LogP contribution in [0, 0.1) is 0 Å². The molecule has 0 aliphatic rings. The molecule has 1 aromatic rings. The van der Waals surface area contributed by atoms with Crippen LogP contribution in [0.3, 0.4) is 0 Å². The third kappa shape index (κ3) is 3.26. The fourth-order valence-electron chi connectivity index (χ4n) is 0.853. The van der Waals surface area contributed by atoms with E-state index in [4.69, 9.17) is 0 Å². The third-order valence-electron chi connectivity index (χ3n) is 1.37. The van der Waals surface area contributed by atoms with Gasteiger partial charge in [0.15, 0.2) is 9.34 Å². The van der Waals surface area contributed by atoms with Gasteiger partial charge in [-0.2, -0.15) is 0 Å². The molecule has 1 aromatic heterocycles. The molecule has 15 heavy (non-hydrogen) atoms. The second kappa shape index (κ2) is 4.69. The van der Waals surface area contributed by atoms with E-state index in [0.717, 1.165) is 11.3 Å². The highest BCUT2D eigenvalue weighted by atomic mass is 32.2. The van der Waals surface area contributed by atoms with Crippen LogP contribution in [0.2, 0.25) is 0 Å². The number of amides is 1. The molecule has 0 atom stereocenters. The summed E-state index contributed by atoms with van der Waals surface area (Å²) in [5, 5.41) is 2.69. The van der Waals surface area contributed by atoms with E-state index in [1.807, 2.05) is 0 Å². The van der Waals surface area contributed by atoms with Crippen LogP contribution in [0.5, 0.6) is 0 Å². The molecule has 0 aliphatic heterocycles. The Morgan fingerprint density at radius 2 is 2.27 bits per heavy atom. The van der Waals surface area contributed by atoms with Crippen molar-refractivity contribution >= 4 is 32.4 Å². The predicted octanol–water partition coefficient (Wildman–Crippen LogP) is 0.400. The Kier molecular flexibility index (Phi) is 3.77. The number of anilines is 1. The summed E-state index contributed by atoms with van der Waals surface area (Å²) in [7, 11) is -3.47. The summed E-state index contributed by atoms with van der Waals surface area (Å²) in [5.74, 6) is -0.281. The van der Waals surface area contributed by atoms with Crippen molar-refractivity contribution in [2.45, 2.75) is 18.1 Å². The number of carbonyl (C=O) groups is 1. The van der Waals surface area contributed by atoms with Gasteiger partial charge >= 0.3 is 0 Å². The number of hydrogen-bond acceptors (Lipinski definition) is 5. The summed E-state index contributed by atoms with van der Waals surface area (Å²) in [4.78, 5) is 14.5. The van der Waals surface area contributed by atoms with Crippen LogP contribution in [-0.2, 0) is 14.8 Å². The van der Waals surface area contributed by atoms with Gasteiger partial charge in [-0.05, 0) is 0 Å². The number of aromatic nitrogens is 1. The molecule has 0 radical (unpaired) electrons. The Hall–Kier alpha value is -0.990. The summed E-state index contributed by atoms with van der Waals surface area (Å²) < 4.78 is 25.4. The van der Waals surface area contributed by atoms with Crippen LogP contribution in [-0.4, -0.2) is 25.9 Å². The normalized spacial score (nSPS) is 11.3. The smallest absolute Gasteiger partial charge is 0.251 e. The average Bonchev–Trinajstić information content (AvgIpc) is 2.51. The molecular weight excluding hydrogens is 238 g/mol. The van der Waals surface area contributed by atoms with E-state index in [-0.39, 0.29) is 15.2 Å². The number of nitrogens with one attached hydrogen (secondary N) is 2. The number of thiazole rings is 1. The highest BCUT2D eigenvalue weighted by molar-refractivity contribution is 7.91. The van der Waals surface area contributed by atoms with Gasteiger partial charge in [0.25, 0.3) is 10.0 Å². The fourth-order valence-corrected chi connectivity index (χ4v) is 3.02. The number of nitrogens with zero attached hydrogens (tertiary/aromatic N) is 1. The molecule has 0 aliphatic carbocycles. The molecule has 0 bridgehead atoms. The standard InChI is InChI=1S/C7H11N3O3S2/c1-3-9-15(12,13)6-4-8-7(14-6)10-5(2)11/h4,9H,3H2,1-2H3,(H,8,10,11). The number of hydrogen-bond donors (Lipinski definition) is 2. The molecule has 0 fully saturated rings. The fraction of sp³-hybridized carbons (Fsp3) is 0.429. The second-order valence-corrected chi connectivity index (χ2v) is 5.69. The molecule has 2 N–H and O–H groups in total. The van der Waals surface area contributed by atoms with Crippen molar-refractivity contribution in [3.63, 3.8) is 0 Å². The topological polar surface area (TPSA) is 88.2 Å². The van der Waals surface area contributed by atoms with Crippen LogP contribution in [0.25, 0.3) is 0 Å². The number of carbonyl (C=O) groups excluding carboxylic acids is 1. The molecule has 6 nitrogen and oxygen atoms in total. The van der Waals surface area contributed by atoms with Gasteiger partial charge in [-0.3, -0.25) is 4.79 Å². The molecule has 8 heteroatoms. The largest absolute Gasteiger partial charge is 0.302 e. The van der Waals surface area contributed by atoms with Crippen molar-refractivity contribution in [3.8, 4) is 0 Å². The van der Waals surface area contributed by atoms with Gasteiger partial charge in [0, 0.05) is 13.5 Å². The molecule has 0 spiro atoms. The summed E-state index contributed by atoms with van der Waals surface area (Å²) in [6, 6.07) is 0. The second-order valence-electron chi connectivity index (χ2n) is 2.67. The van der Waals surface area contributed by atoms with Crippen LogP contribution >= 0.6 is 11.3 Å². The lowest BCUT2D eigenvalue weighted by molar-refractivity contribution is -0.114. The van der Waals surface area contributed by atoms with E-state index in [2.05, 4.69) is 15.0 Å². The highest BCUT2D eigenvalue weighted by Crippen LogP contribution is 2.22. The highest BCUT2D eigenvalue weighted by Gasteiger charge is 2.16. The van der Waals surface area contributed by atoms with Crippen molar-refractivity contribution in [2.75, 3.05) is 11.9 Å². The zero-order chi connectivity index (χ0) is 11.5. The van der Waals surface area contributed by atoms with Crippen LogP contribution < -0.4 is 10.0 Å². The Morgan fingerprint density at radius 3 is 2.80 bits per heavy atom. The van der Waals surface area contributed by atoms with Crippen LogP contribution in [0.1, 0.15) is 13.8 Å². The summed E-state index contributed by atoms with van der Waals surface area (Å²) >= 11 is 0.915. The van der Waals surface area contributed by atoms with Crippen molar-refractivity contribution < 1.29 is 13.2 Å². The summed E-state index contributed by atoms with van der Waals surface area (Å²) in [6.45, 7) is 3.34. The lowest BCUT2D eigenvalue weighted by atomic mass is 10.7. The van der Waals surface area contributed by atoms with E-state index in [1.54, 1.807) is 6.92 Å². The zero-order valence-electron chi connectivity index (χ0n) is 8.27. The van der Waals surface area contributed by atoms with Gasteiger partial charge in [-0.25, -0.2) is 18.1 Å². The van der Waals surface area contributed by atoms with Gasteiger partial charge in [-0.1, -0.05) is 18.3 Å². The van der Waals surface area contributed by atoms with Crippen LogP contribution in [0.15, 0.2) is 10.4 Å². The monoisotopic (exact) mass is 249 g/mol. The van der Waals surface area contributed by atoms with E-state index in [1.165, 1.54) is 13.1 Å². The van der Waals surface area contributed by atoms with E-state index in [9.17, 15) is 13.2 Å². The molecule has 1 heterocycles. The third-order valence-corrected chi connectivity index (χ3v) is 4.29. The summed E-state index contributed by atoms with van der Waals surface area (Å²) in [5.41, 5.74) is 0. The van der Waals surface area contributed by atoms with Crippen molar-refractivity contribution in [1.29, 1.82) is 0 Å². The minimum absolute atomic E-state index is 0.0908. The molecule has 0 saturated heterocycles. The minimum Gasteiger partial charge on any atom is -0.302 e. The predicted molar refractivity (Wildman–Crippen MR) is 57.3 cm³/mol. The van der Waals surface area contributed by atoms with Gasteiger partial charge in [-0.15, -0.1) is 0 Å². The number of sulfonamides is 1.